The highest BCUT2D eigenvalue weighted by molar-refractivity contribution is 6.66. The van der Waals surface area contributed by atoms with Gasteiger partial charge in [-0.05, 0) is 18.1 Å². The van der Waals surface area contributed by atoms with Crippen molar-refractivity contribution in [3.05, 3.63) is 67.4 Å². The van der Waals surface area contributed by atoms with E-state index in [2.05, 4.69) is 20.4 Å². The Hall–Kier alpha value is -3.28. The molecule has 9 nitrogen and oxygen atoms in total. The molecule has 34 heavy (non-hydrogen) atoms. The number of fused-ring (bicyclic) bond motifs is 1. The Morgan fingerprint density at radius 2 is 1.74 bits per heavy atom. The lowest BCUT2D eigenvalue weighted by atomic mass is 10.1. The van der Waals surface area contributed by atoms with E-state index >= 15 is 0 Å². The van der Waals surface area contributed by atoms with Crippen LogP contribution in [0.1, 0.15) is 43.1 Å². The second kappa shape index (κ2) is 9.92. The molecule has 0 saturated carbocycles. The fourth-order valence-electron chi connectivity index (χ4n) is 3.75. The summed E-state index contributed by atoms with van der Waals surface area (Å²) in [4.78, 5) is 31.2. The van der Waals surface area contributed by atoms with Crippen molar-refractivity contribution >= 4 is 22.6 Å². The predicted molar refractivity (Wildman–Crippen MR) is 118 cm³/mol. The molecule has 0 N–H and O–H groups in total. The van der Waals surface area contributed by atoms with Gasteiger partial charge in [0, 0.05) is 43.6 Å². The third-order valence-corrected chi connectivity index (χ3v) is 5.67. The molecule has 0 aliphatic carbocycles. The second-order valence-electron chi connectivity index (χ2n) is 7.89. The highest BCUT2D eigenvalue weighted by Gasteiger charge is 2.24. The first-order chi connectivity index (χ1) is 16.3. The third kappa shape index (κ3) is 4.81. The molecule has 0 unspecified atom stereocenters. The molecule has 4 rings (SSSR count). The van der Waals surface area contributed by atoms with Crippen LogP contribution in [0.15, 0.2) is 26.7 Å². The van der Waals surface area contributed by atoms with E-state index in [9.17, 15) is 22.8 Å². The first-order valence-corrected chi connectivity index (χ1v) is 11.2. The van der Waals surface area contributed by atoms with Gasteiger partial charge in [0.05, 0.1) is 12.1 Å². The van der Waals surface area contributed by atoms with Crippen molar-refractivity contribution in [2.24, 2.45) is 4.99 Å². The summed E-state index contributed by atoms with van der Waals surface area (Å²) in [5.74, 6) is -2.71. The van der Waals surface area contributed by atoms with E-state index < -0.39 is 28.7 Å². The first kappa shape index (κ1) is 23.9. The summed E-state index contributed by atoms with van der Waals surface area (Å²) in [5.41, 5.74) is -0.854. The number of hydrogen-bond donors (Lipinski definition) is 0. The number of rotatable bonds is 9. The van der Waals surface area contributed by atoms with Crippen molar-refractivity contribution in [3.63, 3.8) is 0 Å². The highest BCUT2D eigenvalue weighted by Crippen LogP contribution is 2.24. The molecular formula is C21H21ClF3N7O2. The number of hydrogen-bond acceptors (Lipinski definition) is 6. The molecule has 0 saturated heterocycles. The molecule has 0 bridgehead atoms. The average Bonchev–Trinajstić information content (AvgIpc) is 3.39. The minimum Gasteiger partial charge on any atom is -0.278 e. The smallest absolute Gasteiger partial charge is 0.278 e. The van der Waals surface area contributed by atoms with Crippen molar-refractivity contribution in [2.75, 3.05) is 0 Å². The molecule has 1 aliphatic rings. The summed E-state index contributed by atoms with van der Waals surface area (Å²) < 4.78 is 43.4. The van der Waals surface area contributed by atoms with E-state index in [1.165, 1.54) is 9.36 Å². The van der Waals surface area contributed by atoms with Gasteiger partial charge < -0.3 is 0 Å². The lowest BCUT2D eigenvalue weighted by Gasteiger charge is -2.13. The summed E-state index contributed by atoms with van der Waals surface area (Å²) >= 11 is 6.03. The standard InChI is InChI=1S/C21H21ClF3N7O2/c1-2-3-5-30-19-14(10-17(22)26-19)20(33)31(21(30)34)6-4-7-32-28-18(27-29-32)11-13-15(24)8-12(23)9-16(13)25/h8-9H,2-7,10-11H2,1H3. The molecule has 13 heteroatoms. The van der Waals surface area contributed by atoms with Gasteiger partial charge in [-0.1, -0.05) is 24.9 Å². The van der Waals surface area contributed by atoms with Gasteiger partial charge >= 0.3 is 5.69 Å². The fraction of sp³-hybridized carbons (Fsp3) is 0.429. The van der Waals surface area contributed by atoms with Crippen molar-refractivity contribution in [1.29, 1.82) is 0 Å². The molecule has 0 spiro atoms. The minimum atomic E-state index is -1.03. The van der Waals surface area contributed by atoms with Crippen LogP contribution in [0.25, 0.3) is 0 Å². The lowest BCUT2D eigenvalue weighted by molar-refractivity contribution is 0.448. The maximum atomic E-state index is 13.9. The summed E-state index contributed by atoms with van der Waals surface area (Å²) in [6.45, 7) is 2.73. The minimum absolute atomic E-state index is 0.0489. The van der Waals surface area contributed by atoms with Gasteiger partial charge in [-0.15, -0.1) is 10.2 Å². The van der Waals surface area contributed by atoms with Crippen LogP contribution in [-0.2, 0) is 32.5 Å². The number of halogens is 4. The van der Waals surface area contributed by atoms with E-state index in [0.29, 0.717) is 36.5 Å². The van der Waals surface area contributed by atoms with Crippen molar-refractivity contribution in [1.82, 2.24) is 29.3 Å². The highest BCUT2D eigenvalue weighted by atomic mass is 35.5. The molecule has 3 aromatic rings. The molecule has 180 valence electrons. The summed E-state index contributed by atoms with van der Waals surface area (Å²) in [5, 5.41) is 12.0. The maximum Gasteiger partial charge on any atom is 0.332 e. The van der Waals surface area contributed by atoms with Crippen LogP contribution in [0.5, 0.6) is 0 Å². The summed E-state index contributed by atoms with van der Waals surface area (Å²) in [7, 11) is 0. The molecule has 1 aromatic carbocycles. The molecule has 0 radical (unpaired) electrons. The van der Waals surface area contributed by atoms with Crippen LogP contribution < -0.4 is 11.2 Å². The van der Waals surface area contributed by atoms with Crippen LogP contribution >= 0.6 is 11.6 Å². The number of aromatic nitrogens is 6. The van der Waals surface area contributed by atoms with Crippen molar-refractivity contribution in [2.45, 2.75) is 58.7 Å². The molecule has 3 heterocycles. The summed E-state index contributed by atoms with van der Waals surface area (Å²) in [6.07, 6.45) is 1.82. The van der Waals surface area contributed by atoms with Crippen LogP contribution in [0.4, 0.5) is 19.0 Å². The van der Waals surface area contributed by atoms with Crippen molar-refractivity contribution in [3.8, 4) is 0 Å². The van der Waals surface area contributed by atoms with Crippen LogP contribution in [0.2, 0.25) is 0 Å². The van der Waals surface area contributed by atoms with Gasteiger partial charge in [-0.25, -0.2) is 23.0 Å². The molecule has 0 atom stereocenters. The van der Waals surface area contributed by atoms with Crippen molar-refractivity contribution < 1.29 is 13.2 Å². The first-order valence-electron chi connectivity index (χ1n) is 10.8. The lowest BCUT2D eigenvalue weighted by Crippen LogP contribution is -2.41. The Bertz CT molecular complexity index is 1360. The number of unbranched alkanes of at least 4 members (excludes halogenated alkanes) is 1. The second-order valence-corrected chi connectivity index (χ2v) is 8.33. The average molecular weight is 496 g/mol. The Kier molecular flexibility index (Phi) is 6.96. The van der Waals surface area contributed by atoms with Crippen LogP contribution in [0, 0.1) is 17.5 Å². The zero-order valence-corrected chi connectivity index (χ0v) is 19.0. The Morgan fingerprint density at radius 1 is 1.03 bits per heavy atom. The van der Waals surface area contributed by atoms with Crippen LogP contribution in [-0.4, -0.2) is 34.5 Å². The Labute approximate surface area is 196 Å². The summed E-state index contributed by atoms with van der Waals surface area (Å²) in [6, 6.07) is 1.17. The third-order valence-electron chi connectivity index (χ3n) is 5.45. The SMILES string of the molecule is CCCCn1c2c(c(=O)n(CCCn3nnc(Cc4c(F)cc(F)cc4F)n3)c1=O)CC(Cl)=N2. The van der Waals surface area contributed by atoms with E-state index in [-0.39, 0.29) is 42.5 Å². The Balaban J connectivity index is 1.47. The number of tetrazole rings is 1. The quantitative estimate of drug-likeness (QED) is 0.454. The van der Waals surface area contributed by atoms with Gasteiger partial charge in [0.15, 0.2) is 5.82 Å². The predicted octanol–water partition coefficient (Wildman–Crippen LogP) is 2.72. The van der Waals surface area contributed by atoms with Gasteiger partial charge in [-0.3, -0.25) is 13.9 Å². The van der Waals surface area contributed by atoms with E-state index in [1.807, 2.05) is 6.92 Å². The zero-order chi connectivity index (χ0) is 24.4. The Morgan fingerprint density at radius 3 is 2.44 bits per heavy atom. The van der Waals surface area contributed by atoms with E-state index in [4.69, 9.17) is 11.6 Å². The van der Waals surface area contributed by atoms with Gasteiger partial charge in [0.1, 0.15) is 28.4 Å². The number of benzene rings is 1. The normalized spacial score (nSPS) is 12.8. The van der Waals surface area contributed by atoms with Gasteiger partial charge in [0.2, 0.25) is 0 Å². The molecule has 1 aliphatic heterocycles. The monoisotopic (exact) mass is 495 g/mol. The molecule has 2 aromatic heterocycles. The number of nitrogens with zero attached hydrogens (tertiary/aromatic N) is 7. The van der Waals surface area contributed by atoms with Crippen LogP contribution in [0.3, 0.4) is 0 Å². The number of aliphatic imine (C=N–C) groups is 1. The van der Waals surface area contributed by atoms with Gasteiger partial charge in [0.25, 0.3) is 5.56 Å². The number of aryl methyl sites for hydroxylation is 1. The van der Waals surface area contributed by atoms with Gasteiger partial charge in [-0.2, -0.15) is 4.80 Å². The molecular weight excluding hydrogens is 475 g/mol. The zero-order valence-electron chi connectivity index (χ0n) is 18.3. The fourth-order valence-corrected chi connectivity index (χ4v) is 3.97. The van der Waals surface area contributed by atoms with E-state index in [1.54, 1.807) is 0 Å². The largest absolute Gasteiger partial charge is 0.332 e. The topological polar surface area (TPSA) is 100.0 Å². The molecule has 0 fully saturated rings. The molecule has 0 amide bonds. The van der Waals surface area contributed by atoms with E-state index in [0.717, 1.165) is 17.4 Å². The maximum absolute atomic E-state index is 13.9.